The van der Waals surface area contributed by atoms with Crippen LogP contribution in [0.1, 0.15) is 76.8 Å². The number of aryl methyl sites for hydroxylation is 2. The molecule has 0 saturated carbocycles. The quantitative estimate of drug-likeness (QED) is 0.278. The highest BCUT2D eigenvalue weighted by Crippen LogP contribution is 2.39. The number of benzene rings is 2. The second-order valence-corrected chi connectivity index (χ2v) is 11.6. The van der Waals surface area contributed by atoms with Gasteiger partial charge in [0.05, 0.1) is 23.8 Å². The van der Waals surface area contributed by atoms with Crippen LogP contribution in [0.25, 0.3) is 16.1 Å². The molecule has 38 heavy (non-hydrogen) atoms. The van der Waals surface area contributed by atoms with E-state index in [9.17, 15) is 10.1 Å². The van der Waals surface area contributed by atoms with E-state index in [4.69, 9.17) is 9.73 Å². The molecule has 4 aromatic rings. The van der Waals surface area contributed by atoms with Crippen LogP contribution in [-0.4, -0.2) is 32.0 Å². The molecule has 0 aliphatic carbocycles. The average Bonchev–Trinajstić information content (AvgIpc) is 3.35. The Morgan fingerprint density at radius 3 is 2.21 bits per heavy atom. The van der Waals surface area contributed by atoms with E-state index in [1.165, 1.54) is 10.4 Å². The predicted octanol–water partition coefficient (Wildman–Crippen LogP) is 6.68. The molecule has 1 aliphatic heterocycles. The maximum absolute atomic E-state index is 12.4. The molecule has 1 atom stereocenters. The summed E-state index contributed by atoms with van der Waals surface area (Å²) in [6.45, 7) is 11.7. The number of esters is 1. The van der Waals surface area contributed by atoms with Crippen molar-refractivity contribution in [1.82, 2.24) is 14.8 Å². The molecule has 0 fully saturated rings. The van der Waals surface area contributed by atoms with Crippen LogP contribution in [0.4, 0.5) is 0 Å². The first-order chi connectivity index (χ1) is 18.1. The number of rotatable bonds is 4. The molecule has 8 heteroatoms. The van der Waals surface area contributed by atoms with E-state index >= 15 is 0 Å². The standard InChI is InChI=1S/C30H29N5O2S/c1-17-18(2)38-28-25(17)26(32-24(15-16-31)27-34-33-19(3)35(27)28)22-11-7-20(8-12-22)21-9-13-23(14-10-21)29(36)37-30(4,5)6/h7-14,24H,15H2,1-6H3. The van der Waals surface area contributed by atoms with E-state index < -0.39 is 11.6 Å². The fourth-order valence-electron chi connectivity index (χ4n) is 4.57. The van der Waals surface area contributed by atoms with Crippen LogP contribution in [-0.2, 0) is 4.74 Å². The smallest absolute Gasteiger partial charge is 0.338 e. The maximum atomic E-state index is 12.4. The summed E-state index contributed by atoms with van der Waals surface area (Å²) in [6.07, 6.45) is 0.219. The number of ether oxygens (including phenoxy) is 1. The van der Waals surface area contributed by atoms with E-state index in [0.29, 0.717) is 11.4 Å². The van der Waals surface area contributed by atoms with Crippen LogP contribution in [0.2, 0.25) is 0 Å². The number of aromatic nitrogens is 3. The fraction of sp³-hybridized carbons (Fsp3) is 0.300. The van der Waals surface area contributed by atoms with Gasteiger partial charge < -0.3 is 4.74 Å². The van der Waals surface area contributed by atoms with E-state index in [2.05, 4.69) is 58.9 Å². The zero-order valence-corrected chi connectivity index (χ0v) is 23.2. The normalized spacial score (nSPS) is 14.7. The highest BCUT2D eigenvalue weighted by Gasteiger charge is 2.31. The summed E-state index contributed by atoms with van der Waals surface area (Å²) in [4.78, 5) is 18.7. The van der Waals surface area contributed by atoms with Crippen LogP contribution in [0.5, 0.6) is 0 Å². The van der Waals surface area contributed by atoms with Gasteiger partial charge in [-0.05, 0) is 70.4 Å². The van der Waals surface area contributed by atoms with E-state index in [1.807, 2.05) is 39.8 Å². The SMILES string of the molecule is Cc1sc2c(c1C)C(c1ccc(-c3ccc(C(=O)OC(C)(C)C)cc3)cc1)=NC(CC#N)c1nnc(C)n1-2. The lowest BCUT2D eigenvalue weighted by atomic mass is 9.96. The third kappa shape index (κ3) is 4.66. The molecule has 5 rings (SSSR count). The Morgan fingerprint density at radius 1 is 1.00 bits per heavy atom. The van der Waals surface area contributed by atoms with Gasteiger partial charge in [-0.1, -0.05) is 36.4 Å². The Bertz CT molecular complexity index is 1600. The summed E-state index contributed by atoms with van der Waals surface area (Å²) in [7, 11) is 0. The minimum absolute atomic E-state index is 0.219. The zero-order chi connectivity index (χ0) is 27.2. The lowest BCUT2D eigenvalue weighted by molar-refractivity contribution is 0.00695. The fourth-order valence-corrected chi connectivity index (χ4v) is 5.78. The molecule has 1 unspecified atom stereocenters. The van der Waals surface area contributed by atoms with Crippen molar-refractivity contribution in [3.63, 3.8) is 0 Å². The third-order valence-corrected chi connectivity index (χ3v) is 7.73. The third-order valence-electron chi connectivity index (χ3n) is 6.54. The van der Waals surface area contributed by atoms with Crippen molar-refractivity contribution in [3.05, 3.63) is 87.3 Å². The Hall–Kier alpha value is -4.09. The van der Waals surface area contributed by atoms with Gasteiger partial charge in [-0.25, -0.2) is 4.79 Å². The van der Waals surface area contributed by atoms with Gasteiger partial charge in [-0.3, -0.25) is 9.56 Å². The number of hydrogen-bond donors (Lipinski definition) is 0. The highest BCUT2D eigenvalue weighted by atomic mass is 32.1. The topological polar surface area (TPSA) is 93.2 Å². The van der Waals surface area contributed by atoms with Crippen molar-refractivity contribution in [2.75, 3.05) is 0 Å². The number of hydrogen-bond acceptors (Lipinski definition) is 7. The molecular weight excluding hydrogens is 494 g/mol. The van der Waals surface area contributed by atoms with E-state index in [-0.39, 0.29) is 12.4 Å². The first kappa shape index (κ1) is 25.6. The predicted molar refractivity (Wildman–Crippen MR) is 149 cm³/mol. The molecule has 0 spiro atoms. The Kier molecular flexibility index (Phi) is 6.49. The molecule has 3 heterocycles. The summed E-state index contributed by atoms with van der Waals surface area (Å²) in [5.41, 5.74) is 6.08. The average molecular weight is 524 g/mol. The molecule has 0 amide bonds. The number of nitrogens with zero attached hydrogens (tertiary/aromatic N) is 5. The summed E-state index contributed by atoms with van der Waals surface area (Å²) in [5.74, 6) is 1.15. The number of carbonyl (C=O) groups is 1. The van der Waals surface area contributed by atoms with Crippen molar-refractivity contribution in [3.8, 4) is 22.2 Å². The van der Waals surface area contributed by atoms with Crippen molar-refractivity contribution in [1.29, 1.82) is 5.26 Å². The summed E-state index contributed by atoms with van der Waals surface area (Å²) in [5, 5.41) is 19.3. The van der Waals surface area contributed by atoms with Gasteiger partial charge in [-0.2, -0.15) is 5.26 Å². The molecule has 0 bridgehead atoms. The lowest BCUT2D eigenvalue weighted by Crippen LogP contribution is -2.23. The molecular formula is C30H29N5O2S. The number of nitriles is 1. The largest absolute Gasteiger partial charge is 0.456 e. The lowest BCUT2D eigenvalue weighted by Gasteiger charge is -2.19. The highest BCUT2D eigenvalue weighted by molar-refractivity contribution is 7.15. The molecule has 2 aromatic heterocycles. The van der Waals surface area contributed by atoms with Gasteiger partial charge in [0, 0.05) is 16.0 Å². The van der Waals surface area contributed by atoms with Crippen LogP contribution >= 0.6 is 11.3 Å². The van der Waals surface area contributed by atoms with Crippen LogP contribution in [0.15, 0.2) is 53.5 Å². The molecule has 0 N–H and O–H groups in total. The summed E-state index contributed by atoms with van der Waals surface area (Å²) < 4.78 is 7.53. The first-order valence-electron chi connectivity index (χ1n) is 12.5. The van der Waals surface area contributed by atoms with Crippen LogP contribution in [0, 0.1) is 32.1 Å². The number of aliphatic imine (C=N–C) groups is 1. The van der Waals surface area contributed by atoms with Crippen molar-refractivity contribution < 1.29 is 9.53 Å². The molecule has 1 aliphatic rings. The van der Waals surface area contributed by atoms with Gasteiger partial charge in [0.2, 0.25) is 0 Å². The molecule has 0 saturated heterocycles. The van der Waals surface area contributed by atoms with Gasteiger partial charge in [0.15, 0.2) is 5.82 Å². The second kappa shape index (κ2) is 9.66. The molecule has 7 nitrogen and oxygen atoms in total. The van der Waals surface area contributed by atoms with Gasteiger partial charge in [0.1, 0.15) is 22.5 Å². The minimum atomic E-state index is -0.536. The van der Waals surface area contributed by atoms with E-state index in [0.717, 1.165) is 38.8 Å². The molecule has 192 valence electrons. The second-order valence-electron chi connectivity index (χ2n) is 10.4. The van der Waals surface area contributed by atoms with Crippen LogP contribution in [0.3, 0.4) is 0 Å². The van der Waals surface area contributed by atoms with Gasteiger partial charge in [-0.15, -0.1) is 21.5 Å². The molecule has 0 radical (unpaired) electrons. The number of fused-ring (bicyclic) bond motifs is 3. The Balaban J connectivity index is 1.52. The molecule has 2 aromatic carbocycles. The minimum Gasteiger partial charge on any atom is -0.456 e. The van der Waals surface area contributed by atoms with Crippen molar-refractivity contribution in [2.45, 2.75) is 59.6 Å². The van der Waals surface area contributed by atoms with E-state index in [1.54, 1.807) is 23.5 Å². The monoisotopic (exact) mass is 523 g/mol. The Labute approximate surface area is 226 Å². The zero-order valence-electron chi connectivity index (χ0n) is 22.4. The summed E-state index contributed by atoms with van der Waals surface area (Å²) >= 11 is 1.70. The van der Waals surface area contributed by atoms with Crippen molar-refractivity contribution in [2.24, 2.45) is 4.99 Å². The first-order valence-corrected chi connectivity index (χ1v) is 13.3. The van der Waals surface area contributed by atoms with Crippen molar-refractivity contribution >= 4 is 23.0 Å². The van der Waals surface area contributed by atoms with Gasteiger partial charge in [0.25, 0.3) is 0 Å². The Morgan fingerprint density at radius 2 is 1.61 bits per heavy atom. The maximum Gasteiger partial charge on any atom is 0.338 e. The number of thiophene rings is 1. The van der Waals surface area contributed by atoms with Gasteiger partial charge >= 0.3 is 5.97 Å². The summed E-state index contributed by atoms with van der Waals surface area (Å²) in [6, 6.07) is 17.6. The number of carbonyl (C=O) groups excluding carboxylic acids is 1. The van der Waals surface area contributed by atoms with Crippen LogP contribution < -0.4 is 0 Å².